The first kappa shape index (κ1) is 26.2. The van der Waals surface area contributed by atoms with E-state index in [0.29, 0.717) is 41.2 Å². The van der Waals surface area contributed by atoms with Gasteiger partial charge in [0.25, 0.3) is 0 Å². The van der Waals surface area contributed by atoms with E-state index >= 15 is 0 Å². The molecule has 0 saturated heterocycles. The third kappa shape index (κ3) is 5.58. The standard InChI is InChI=1S/C28H34N8O3/c1-34(2)12-13-35(3)24-16-25(39-5)22(15-20(24)30-17-37)32-28-29-11-10-26(33-28)36-23-9-8-19(38-4)14-21(23)31-27(36)18-6-7-18/h8-11,14-18H,6-7,12-13H2,1-5H3,(H,30,37)(H,29,32,33). The van der Waals surface area contributed by atoms with Crippen molar-refractivity contribution in [3.05, 3.63) is 48.4 Å². The zero-order valence-corrected chi connectivity index (χ0v) is 22.9. The highest BCUT2D eigenvalue weighted by Gasteiger charge is 2.30. The highest BCUT2D eigenvalue weighted by atomic mass is 16.5. The van der Waals surface area contributed by atoms with Crippen LogP contribution in [0.2, 0.25) is 0 Å². The molecule has 1 fully saturated rings. The molecule has 1 aliphatic rings. The maximum Gasteiger partial charge on any atom is 0.229 e. The Hall–Kier alpha value is -4.38. The lowest BCUT2D eigenvalue weighted by molar-refractivity contribution is -0.105. The molecule has 2 heterocycles. The summed E-state index contributed by atoms with van der Waals surface area (Å²) in [6.45, 7) is 1.63. The second kappa shape index (κ2) is 11.2. The van der Waals surface area contributed by atoms with Gasteiger partial charge in [-0.25, -0.2) is 9.97 Å². The molecule has 1 amide bonds. The lowest BCUT2D eigenvalue weighted by atomic mass is 10.2. The van der Waals surface area contributed by atoms with Crippen LogP contribution in [0.1, 0.15) is 24.6 Å². The van der Waals surface area contributed by atoms with Crippen LogP contribution in [0.3, 0.4) is 0 Å². The maximum atomic E-state index is 11.4. The minimum absolute atomic E-state index is 0.397. The molecule has 0 spiro atoms. The Labute approximate surface area is 227 Å². The van der Waals surface area contributed by atoms with E-state index in [1.807, 2.05) is 57.5 Å². The SMILES string of the molecule is COc1ccc2c(c1)nc(C1CC1)n2-c1ccnc(Nc2cc(NC=O)c(N(C)CCN(C)C)cc2OC)n1. The third-order valence-electron chi connectivity index (χ3n) is 6.77. The molecule has 0 unspecified atom stereocenters. The number of imidazole rings is 1. The van der Waals surface area contributed by atoms with Crippen LogP contribution >= 0.6 is 0 Å². The summed E-state index contributed by atoms with van der Waals surface area (Å²) in [6, 6.07) is 11.5. The molecule has 2 aromatic heterocycles. The smallest absolute Gasteiger partial charge is 0.229 e. The number of fused-ring (bicyclic) bond motifs is 1. The quantitative estimate of drug-likeness (QED) is 0.263. The summed E-state index contributed by atoms with van der Waals surface area (Å²) in [7, 11) is 9.30. The highest BCUT2D eigenvalue weighted by molar-refractivity contribution is 5.87. The summed E-state index contributed by atoms with van der Waals surface area (Å²) in [4.78, 5) is 29.8. The largest absolute Gasteiger partial charge is 0.497 e. The van der Waals surface area contributed by atoms with Gasteiger partial charge in [-0.3, -0.25) is 9.36 Å². The van der Waals surface area contributed by atoms with Gasteiger partial charge in [-0.2, -0.15) is 4.98 Å². The molecule has 0 bridgehead atoms. The number of nitrogens with zero attached hydrogens (tertiary/aromatic N) is 6. The van der Waals surface area contributed by atoms with Crippen LogP contribution in [0.4, 0.5) is 23.0 Å². The Morgan fingerprint density at radius 2 is 1.85 bits per heavy atom. The number of aromatic nitrogens is 4. The van der Waals surface area contributed by atoms with Crippen molar-refractivity contribution in [1.82, 2.24) is 24.4 Å². The number of nitrogens with one attached hydrogen (secondary N) is 2. The third-order valence-corrected chi connectivity index (χ3v) is 6.77. The molecule has 39 heavy (non-hydrogen) atoms. The fraction of sp³-hybridized carbons (Fsp3) is 0.357. The summed E-state index contributed by atoms with van der Waals surface area (Å²) in [5.41, 5.74) is 3.95. The van der Waals surface area contributed by atoms with Crippen molar-refractivity contribution < 1.29 is 14.3 Å². The lowest BCUT2D eigenvalue weighted by Gasteiger charge is -2.25. The predicted molar refractivity (Wildman–Crippen MR) is 153 cm³/mol. The number of amides is 1. The summed E-state index contributed by atoms with van der Waals surface area (Å²) in [5, 5.41) is 6.11. The van der Waals surface area contributed by atoms with Crippen LogP contribution in [0, 0.1) is 0 Å². The number of methoxy groups -OCH3 is 2. The second-order valence-electron chi connectivity index (χ2n) is 9.85. The first-order valence-electron chi connectivity index (χ1n) is 12.9. The summed E-state index contributed by atoms with van der Waals surface area (Å²) >= 11 is 0. The molecular formula is C28H34N8O3. The Morgan fingerprint density at radius 3 is 2.54 bits per heavy atom. The minimum Gasteiger partial charge on any atom is -0.497 e. The molecule has 0 radical (unpaired) electrons. The topological polar surface area (TPSA) is 110 Å². The number of hydrogen-bond acceptors (Lipinski definition) is 9. The Balaban J connectivity index is 1.50. The lowest BCUT2D eigenvalue weighted by Crippen LogP contribution is -2.29. The van der Waals surface area contributed by atoms with Crippen molar-refractivity contribution in [2.45, 2.75) is 18.8 Å². The van der Waals surface area contributed by atoms with Crippen molar-refractivity contribution in [2.24, 2.45) is 0 Å². The Bertz CT molecular complexity index is 1480. The van der Waals surface area contributed by atoms with Crippen molar-refractivity contribution >= 4 is 40.5 Å². The first-order valence-corrected chi connectivity index (χ1v) is 12.9. The summed E-state index contributed by atoms with van der Waals surface area (Å²) < 4.78 is 13.2. The molecule has 5 rings (SSSR count). The zero-order valence-electron chi connectivity index (χ0n) is 22.9. The Kier molecular flexibility index (Phi) is 7.51. The predicted octanol–water partition coefficient (Wildman–Crippen LogP) is 4.02. The van der Waals surface area contributed by atoms with Gasteiger partial charge in [-0.05, 0) is 51.2 Å². The number of anilines is 4. The van der Waals surface area contributed by atoms with Gasteiger partial charge in [-0.15, -0.1) is 0 Å². The van der Waals surface area contributed by atoms with Gasteiger partial charge in [0.05, 0.1) is 42.3 Å². The average Bonchev–Trinajstić information content (AvgIpc) is 3.71. The number of benzene rings is 2. The van der Waals surface area contributed by atoms with Gasteiger partial charge in [0.15, 0.2) is 0 Å². The van der Waals surface area contributed by atoms with Crippen molar-refractivity contribution in [3.63, 3.8) is 0 Å². The molecule has 2 aromatic carbocycles. The molecule has 11 nitrogen and oxygen atoms in total. The number of carbonyl (C=O) groups excluding carboxylic acids is 1. The van der Waals surface area contributed by atoms with Gasteiger partial charge < -0.3 is 29.9 Å². The van der Waals surface area contributed by atoms with Crippen molar-refractivity contribution in [2.75, 3.05) is 64.0 Å². The van der Waals surface area contributed by atoms with E-state index in [0.717, 1.165) is 54.2 Å². The molecule has 11 heteroatoms. The van der Waals surface area contributed by atoms with Crippen molar-refractivity contribution in [1.29, 1.82) is 0 Å². The molecular weight excluding hydrogens is 496 g/mol. The normalized spacial score (nSPS) is 13.0. The van der Waals surface area contributed by atoms with Crippen molar-refractivity contribution in [3.8, 4) is 17.3 Å². The van der Waals surface area contributed by atoms with Gasteiger partial charge in [-0.1, -0.05) is 0 Å². The van der Waals surface area contributed by atoms with E-state index in [1.54, 1.807) is 20.4 Å². The summed E-state index contributed by atoms with van der Waals surface area (Å²) in [5.74, 6) is 3.88. The Morgan fingerprint density at radius 1 is 1.03 bits per heavy atom. The maximum absolute atomic E-state index is 11.4. The number of rotatable bonds is 12. The van der Waals surface area contributed by atoms with E-state index in [9.17, 15) is 4.79 Å². The highest BCUT2D eigenvalue weighted by Crippen LogP contribution is 2.42. The number of ether oxygens (including phenoxy) is 2. The van der Waals surface area contributed by atoms with Crippen LogP contribution < -0.4 is 25.0 Å². The number of hydrogen-bond donors (Lipinski definition) is 2. The molecule has 204 valence electrons. The number of likely N-dealkylation sites (N-methyl/N-ethyl adjacent to an activating group) is 2. The van der Waals surface area contributed by atoms with E-state index in [4.69, 9.17) is 19.4 Å². The summed E-state index contributed by atoms with van der Waals surface area (Å²) in [6.07, 6.45) is 4.60. The fourth-order valence-corrected chi connectivity index (χ4v) is 4.52. The minimum atomic E-state index is 0.397. The molecule has 4 aromatic rings. The van der Waals surface area contributed by atoms with Crippen LogP contribution in [-0.2, 0) is 4.79 Å². The van der Waals surface area contributed by atoms with Crippen LogP contribution in [0.25, 0.3) is 16.9 Å². The van der Waals surface area contributed by atoms with E-state index in [2.05, 4.69) is 30.0 Å². The van der Waals surface area contributed by atoms with Crippen LogP contribution in [-0.4, -0.2) is 79.3 Å². The van der Waals surface area contributed by atoms with Crippen LogP contribution in [0.15, 0.2) is 42.6 Å². The van der Waals surface area contributed by atoms with Crippen LogP contribution in [0.5, 0.6) is 11.5 Å². The zero-order chi connectivity index (χ0) is 27.5. The molecule has 2 N–H and O–H groups in total. The van der Waals surface area contributed by atoms with E-state index in [1.165, 1.54) is 0 Å². The molecule has 1 aliphatic carbocycles. The van der Waals surface area contributed by atoms with Gasteiger partial charge in [0.1, 0.15) is 23.1 Å². The second-order valence-corrected chi connectivity index (χ2v) is 9.85. The first-order chi connectivity index (χ1) is 18.9. The number of carbonyl (C=O) groups is 1. The van der Waals surface area contributed by atoms with E-state index in [-0.39, 0.29) is 0 Å². The molecule has 0 atom stereocenters. The monoisotopic (exact) mass is 530 g/mol. The van der Waals surface area contributed by atoms with Gasteiger partial charge in [0, 0.05) is 44.4 Å². The van der Waals surface area contributed by atoms with Gasteiger partial charge in [0.2, 0.25) is 12.4 Å². The average molecular weight is 531 g/mol. The molecule has 1 saturated carbocycles. The molecule has 0 aliphatic heterocycles. The van der Waals surface area contributed by atoms with E-state index < -0.39 is 0 Å². The fourth-order valence-electron chi connectivity index (χ4n) is 4.52. The van der Waals surface area contributed by atoms with Gasteiger partial charge >= 0.3 is 0 Å².